The first-order chi connectivity index (χ1) is 8.60. The topological polar surface area (TPSA) is 58.6 Å². The fraction of sp³-hybridized carbons (Fsp3) is 0.462. The van der Waals surface area contributed by atoms with Crippen LogP contribution in [-0.4, -0.2) is 30.3 Å². The van der Waals surface area contributed by atoms with Crippen LogP contribution in [-0.2, 0) is 4.74 Å². The second-order valence-electron chi connectivity index (χ2n) is 4.51. The molecule has 0 amide bonds. The van der Waals surface area contributed by atoms with Gasteiger partial charge in [-0.05, 0) is 37.5 Å². The Hall–Kier alpha value is -1.26. The van der Waals surface area contributed by atoms with Gasteiger partial charge in [-0.25, -0.2) is 4.79 Å². The lowest BCUT2D eigenvalue weighted by molar-refractivity contribution is 0.0697. The lowest BCUT2D eigenvalue weighted by atomic mass is 10.2. The van der Waals surface area contributed by atoms with Crippen molar-refractivity contribution in [2.45, 2.75) is 31.4 Å². The van der Waals surface area contributed by atoms with Crippen molar-refractivity contribution in [1.29, 1.82) is 0 Å². The zero-order valence-corrected chi connectivity index (χ0v) is 10.9. The first kappa shape index (κ1) is 13.2. The summed E-state index contributed by atoms with van der Waals surface area (Å²) in [6, 6.07) is 5.29. The molecule has 5 heteroatoms. The highest BCUT2D eigenvalue weighted by Gasteiger charge is 2.24. The number of carboxylic acids is 1. The molecule has 0 spiro atoms. The fourth-order valence-electron chi connectivity index (χ4n) is 2.30. The van der Waals surface area contributed by atoms with Gasteiger partial charge in [0.2, 0.25) is 0 Å². The number of benzene rings is 1. The van der Waals surface area contributed by atoms with Gasteiger partial charge in [-0.1, -0.05) is 11.6 Å². The van der Waals surface area contributed by atoms with Crippen LogP contribution in [0.2, 0.25) is 5.02 Å². The molecule has 1 aliphatic rings. The molecule has 1 aromatic rings. The van der Waals surface area contributed by atoms with E-state index in [1.165, 1.54) is 6.07 Å². The molecule has 1 aliphatic carbocycles. The van der Waals surface area contributed by atoms with Crippen LogP contribution in [0.15, 0.2) is 18.2 Å². The average molecular weight is 270 g/mol. The predicted octanol–water partition coefficient (Wildman–Crippen LogP) is 3.02. The largest absolute Gasteiger partial charge is 0.478 e. The molecule has 1 fully saturated rings. The van der Waals surface area contributed by atoms with E-state index in [0.29, 0.717) is 12.1 Å². The average Bonchev–Trinajstić information content (AvgIpc) is 2.76. The summed E-state index contributed by atoms with van der Waals surface area (Å²) in [7, 11) is 1.73. The Bertz CT molecular complexity index is 450. The second-order valence-corrected chi connectivity index (χ2v) is 4.92. The number of aromatic carboxylic acids is 1. The van der Waals surface area contributed by atoms with Gasteiger partial charge in [0, 0.05) is 18.8 Å². The number of nitrogens with one attached hydrogen (secondary N) is 1. The molecular weight excluding hydrogens is 254 g/mol. The van der Waals surface area contributed by atoms with Gasteiger partial charge in [0.05, 0.1) is 16.7 Å². The minimum atomic E-state index is -1.01. The summed E-state index contributed by atoms with van der Waals surface area (Å²) in [5.74, 6) is -1.01. The van der Waals surface area contributed by atoms with E-state index in [0.717, 1.165) is 24.9 Å². The van der Waals surface area contributed by atoms with Crippen LogP contribution in [0.4, 0.5) is 5.69 Å². The smallest absolute Gasteiger partial charge is 0.337 e. The standard InChI is InChI=1S/C13H16ClNO3/c1-18-10-4-2-8(6-10)15-9-3-5-11(13(16)17)12(14)7-9/h3,5,7-8,10,15H,2,4,6H2,1H3,(H,16,17). The molecule has 0 aliphatic heterocycles. The molecule has 1 saturated carbocycles. The highest BCUT2D eigenvalue weighted by Crippen LogP contribution is 2.27. The summed E-state index contributed by atoms with van der Waals surface area (Å²) in [5.41, 5.74) is 0.982. The summed E-state index contributed by atoms with van der Waals surface area (Å²) in [4.78, 5) is 10.8. The van der Waals surface area contributed by atoms with Crippen molar-refractivity contribution in [2.24, 2.45) is 0 Å². The maximum absolute atomic E-state index is 10.8. The van der Waals surface area contributed by atoms with Crippen LogP contribution in [0.25, 0.3) is 0 Å². The molecule has 98 valence electrons. The van der Waals surface area contributed by atoms with E-state index >= 15 is 0 Å². The van der Waals surface area contributed by atoms with Gasteiger partial charge in [0.25, 0.3) is 0 Å². The van der Waals surface area contributed by atoms with Gasteiger partial charge in [-0.3, -0.25) is 0 Å². The minimum Gasteiger partial charge on any atom is -0.478 e. The normalized spacial score (nSPS) is 23.0. The van der Waals surface area contributed by atoms with Gasteiger partial charge in [0.1, 0.15) is 0 Å². The molecule has 4 nitrogen and oxygen atoms in total. The van der Waals surface area contributed by atoms with E-state index in [4.69, 9.17) is 21.4 Å². The highest BCUT2D eigenvalue weighted by atomic mass is 35.5. The Morgan fingerprint density at radius 2 is 2.28 bits per heavy atom. The van der Waals surface area contributed by atoms with E-state index in [-0.39, 0.29) is 10.6 Å². The summed E-state index contributed by atoms with van der Waals surface area (Å²) in [6.07, 6.45) is 3.39. The minimum absolute atomic E-state index is 0.128. The number of hydrogen-bond acceptors (Lipinski definition) is 3. The maximum atomic E-state index is 10.8. The van der Waals surface area contributed by atoms with Gasteiger partial charge in [-0.15, -0.1) is 0 Å². The van der Waals surface area contributed by atoms with E-state index in [9.17, 15) is 4.79 Å². The van der Waals surface area contributed by atoms with Crippen LogP contribution < -0.4 is 5.32 Å². The number of anilines is 1. The molecule has 2 unspecified atom stereocenters. The lowest BCUT2D eigenvalue weighted by Crippen LogP contribution is -2.17. The molecule has 0 saturated heterocycles. The van der Waals surface area contributed by atoms with Gasteiger partial charge in [0.15, 0.2) is 0 Å². The summed E-state index contributed by atoms with van der Waals surface area (Å²) < 4.78 is 5.31. The Morgan fingerprint density at radius 3 is 2.83 bits per heavy atom. The van der Waals surface area contributed by atoms with Crippen LogP contribution in [0.1, 0.15) is 29.6 Å². The van der Waals surface area contributed by atoms with Crippen LogP contribution in [0.3, 0.4) is 0 Å². The number of hydrogen-bond donors (Lipinski definition) is 2. The fourth-order valence-corrected chi connectivity index (χ4v) is 2.56. The first-order valence-electron chi connectivity index (χ1n) is 5.92. The third-order valence-electron chi connectivity index (χ3n) is 3.29. The van der Waals surface area contributed by atoms with Crippen LogP contribution >= 0.6 is 11.6 Å². The van der Waals surface area contributed by atoms with E-state index in [2.05, 4.69) is 5.32 Å². The second kappa shape index (κ2) is 5.59. The van der Waals surface area contributed by atoms with Crippen LogP contribution in [0.5, 0.6) is 0 Å². The molecule has 0 radical (unpaired) electrons. The zero-order valence-electron chi connectivity index (χ0n) is 10.1. The van der Waals surface area contributed by atoms with Crippen LogP contribution in [0, 0.1) is 0 Å². The molecule has 2 rings (SSSR count). The van der Waals surface area contributed by atoms with E-state index in [1.54, 1.807) is 19.2 Å². The molecule has 2 N–H and O–H groups in total. The SMILES string of the molecule is COC1CCC(Nc2ccc(C(=O)O)c(Cl)c2)C1. The Kier molecular flexibility index (Phi) is 4.09. The van der Waals surface area contributed by atoms with Crippen molar-refractivity contribution in [1.82, 2.24) is 0 Å². The molecule has 0 bridgehead atoms. The van der Waals surface area contributed by atoms with Gasteiger partial charge >= 0.3 is 5.97 Å². The highest BCUT2D eigenvalue weighted by molar-refractivity contribution is 6.33. The molecular formula is C13H16ClNO3. The van der Waals surface area contributed by atoms with Crippen molar-refractivity contribution in [2.75, 3.05) is 12.4 Å². The van der Waals surface area contributed by atoms with E-state index < -0.39 is 5.97 Å². The van der Waals surface area contributed by atoms with Crippen molar-refractivity contribution >= 4 is 23.3 Å². The summed E-state index contributed by atoms with van der Waals surface area (Å²) in [6.45, 7) is 0. The maximum Gasteiger partial charge on any atom is 0.337 e. The molecule has 0 aromatic heterocycles. The summed E-state index contributed by atoms with van der Waals surface area (Å²) in [5, 5.41) is 12.5. The van der Waals surface area contributed by atoms with Crippen molar-refractivity contribution in [3.8, 4) is 0 Å². The quantitative estimate of drug-likeness (QED) is 0.882. The monoisotopic (exact) mass is 269 g/mol. The molecule has 0 heterocycles. The summed E-state index contributed by atoms with van der Waals surface area (Å²) >= 11 is 5.92. The van der Waals surface area contributed by atoms with Crippen molar-refractivity contribution in [3.63, 3.8) is 0 Å². The zero-order chi connectivity index (χ0) is 13.1. The van der Waals surface area contributed by atoms with Crippen molar-refractivity contribution < 1.29 is 14.6 Å². The Morgan fingerprint density at radius 1 is 1.50 bits per heavy atom. The number of ether oxygens (including phenoxy) is 1. The number of carboxylic acid groups (broad SMARTS) is 1. The third-order valence-corrected chi connectivity index (χ3v) is 3.60. The molecule has 18 heavy (non-hydrogen) atoms. The Labute approximate surface area is 111 Å². The Balaban J connectivity index is 2.02. The number of carbonyl (C=O) groups is 1. The predicted molar refractivity (Wildman–Crippen MR) is 70.5 cm³/mol. The van der Waals surface area contributed by atoms with Gasteiger partial charge < -0.3 is 15.2 Å². The van der Waals surface area contributed by atoms with E-state index in [1.807, 2.05) is 0 Å². The lowest BCUT2D eigenvalue weighted by Gasteiger charge is -2.15. The molecule has 2 atom stereocenters. The van der Waals surface area contributed by atoms with Gasteiger partial charge in [-0.2, -0.15) is 0 Å². The third kappa shape index (κ3) is 2.94. The number of rotatable bonds is 4. The molecule has 1 aromatic carbocycles. The van der Waals surface area contributed by atoms with Crippen molar-refractivity contribution in [3.05, 3.63) is 28.8 Å². The first-order valence-corrected chi connectivity index (χ1v) is 6.30. The number of halogens is 1. The number of methoxy groups -OCH3 is 1.